The van der Waals surface area contributed by atoms with Crippen LogP contribution < -0.4 is 0 Å². The molecule has 1 aliphatic heterocycles. The van der Waals surface area contributed by atoms with Crippen LogP contribution in [-0.4, -0.2) is 40.1 Å². The number of thiazole rings is 1. The van der Waals surface area contributed by atoms with E-state index < -0.39 is 0 Å². The minimum absolute atomic E-state index is 0.0299. The van der Waals surface area contributed by atoms with Crippen molar-refractivity contribution in [2.75, 3.05) is 13.1 Å². The fourth-order valence-electron chi connectivity index (χ4n) is 2.73. The summed E-state index contributed by atoms with van der Waals surface area (Å²) >= 11 is 1.49. The largest absolute Gasteiger partial charge is 0.393 e. The van der Waals surface area contributed by atoms with Gasteiger partial charge in [0.1, 0.15) is 10.7 Å². The van der Waals surface area contributed by atoms with Gasteiger partial charge in [-0.05, 0) is 20.3 Å². The first kappa shape index (κ1) is 15.2. The molecule has 1 aliphatic rings. The third-order valence-electron chi connectivity index (χ3n) is 4.22. The molecule has 0 aliphatic carbocycles. The lowest BCUT2D eigenvalue weighted by Gasteiger charge is -2.16. The van der Waals surface area contributed by atoms with E-state index in [2.05, 4.69) is 4.98 Å². The van der Waals surface area contributed by atoms with Gasteiger partial charge in [0.15, 0.2) is 0 Å². The molecule has 2 aromatic rings. The maximum Gasteiger partial charge on any atom is 0.273 e. The van der Waals surface area contributed by atoms with Gasteiger partial charge in [0.05, 0.1) is 6.10 Å². The van der Waals surface area contributed by atoms with E-state index in [1.165, 1.54) is 16.9 Å². The van der Waals surface area contributed by atoms with Crippen LogP contribution in [0.1, 0.15) is 29.4 Å². The van der Waals surface area contributed by atoms with Gasteiger partial charge in [0.2, 0.25) is 0 Å². The Kier molecular flexibility index (Phi) is 4.27. The molecule has 116 valence electrons. The highest BCUT2D eigenvalue weighted by molar-refractivity contribution is 7.13. The number of hydrogen-bond acceptors (Lipinski definition) is 4. The zero-order chi connectivity index (χ0) is 15.7. The summed E-state index contributed by atoms with van der Waals surface area (Å²) in [6, 6.07) is 8.15. The number of amides is 1. The molecule has 0 saturated carbocycles. The van der Waals surface area contributed by atoms with Crippen molar-refractivity contribution in [2.24, 2.45) is 5.92 Å². The number of carbonyl (C=O) groups is 1. The molecule has 1 aromatic carbocycles. The topological polar surface area (TPSA) is 53.4 Å². The summed E-state index contributed by atoms with van der Waals surface area (Å²) in [7, 11) is 0. The summed E-state index contributed by atoms with van der Waals surface area (Å²) < 4.78 is 0. The van der Waals surface area contributed by atoms with Crippen molar-refractivity contribution in [3.05, 3.63) is 40.9 Å². The Morgan fingerprint density at radius 2 is 2.14 bits per heavy atom. The van der Waals surface area contributed by atoms with Gasteiger partial charge in [-0.15, -0.1) is 11.3 Å². The molecule has 1 aromatic heterocycles. The monoisotopic (exact) mass is 316 g/mol. The summed E-state index contributed by atoms with van der Waals surface area (Å²) in [4.78, 5) is 18.8. The summed E-state index contributed by atoms with van der Waals surface area (Å²) in [5.74, 6) is 0.150. The van der Waals surface area contributed by atoms with Gasteiger partial charge >= 0.3 is 0 Å². The standard InChI is InChI=1S/C17H20N2O2S/c1-11-3-5-13(6-4-11)16-18-15(10-22-16)17(21)19-8-7-14(9-19)12(2)20/h3-6,10,12,14,20H,7-9H2,1-2H3. The average Bonchev–Trinajstić information content (AvgIpc) is 3.17. The maximum atomic E-state index is 12.5. The first-order valence-corrected chi connectivity index (χ1v) is 8.42. The number of benzene rings is 1. The molecule has 0 bridgehead atoms. The van der Waals surface area contributed by atoms with Gasteiger partial charge in [-0.2, -0.15) is 0 Å². The Morgan fingerprint density at radius 1 is 1.41 bits per heavy atom. The molecule has 1 amide bonds. The lowest BCUT2D eigenvalue weighted by atomic mass is 10.0. The van der Waals surface area contributed by atoms with Crippen molar-refractivity contribution in [3.63, 3.8) is 0 Å². The summed E-state index contributed by atoms with van der Waals surface area (Å²) in [6.07, 6.45) is 0.495. The van der Waals surface area contributed by atoms with Gasteiger partial charge in [-0.1, -0.05) is 29.8 Å². The molecule has 1 saturated heterocycles. The molecule has 4 nitrogen and oxygen atoms in total. The molecule has 0 radical (unpaired) electrons. The van der Waals surface area contributed by atoms with Crippen LogP contribution in [0.15, 0.2) is 29.6 Å². The fraction of sp³-hybridized carbons (Fsp3) is 0.412. The molecular weight excluding hydrogens is 296 g/mol. The van der Waals surface area contributed by atoms with E-state index in [1.807, 2.05) is 36.6 Å². The number of aliphatic hydroxyl groups excluding tert-OH is 1. The number of carbonyl (C=O) groups excluding carboxylic acids is 1. The molecule has 2 unspecified atom stereocenters. The lowest BCUT2D eigenvalue weighted by molar-refractivity contribution is 0.0757. The molecule has 0 spiro atoms. The average molecular weight is 316 g/mol. The first-order chi connectivity index (χ1) is 10.5. The Balaban J connectivity index is 1.74. The Labute approximate surface area is 134 Å². The number of nitrogens with zero attached hydrogens (tertiary/aromatic N) is 2. The highest BCUT2D eigenvalue weighted by Crippen LogP contribution is 2.26. The SMILES string of the molecule is Cc1ccc(-c2nc(C(=O)N3CCC(C(C)O)C3)cs2)cc1. The number of aryl methyl sites for hydroxylation is 1. The van der Waals surface area contributed by atoms with Crippen LogP contribution in [0.5, 0.6) is 0 Å². The maximum absolute atomic E-state index is 12.5. The van der Waals surface area contributed by atoms with Crippen molar-refractivity contribution >= 4 is 17.2 Å². The van der Waals surface area contributed by atoms with Gasteiger partial charge in [0, 0.05) is 30.0 Å². The van der Waals surface area contributed by atoms with Gasteiger partial charge in [0.25, 0.3) is 5.91 Å². The molecule has 2 heterocycles. The number of hydrogen-bond donors (Lipinski definition) is 1. The highest BCUT2D eigenvalue weighted by Gasteiger charge is 2.30. The number of rotatable bonds is 3. The van der Waals surface area contributed by atoms with Crippen molar-refractivity contribution in [1.29, 1.82) is 0 Å². The second-order valence-corrected chi connectivity index (χ2v) is 6.80. The van der Waals surface area contributed by atoms with Crippen LogP contribution in [-0.2, 0) is 0 Å². The summed E-state index contributed by atoms with van der Waals surface area (Å²) in [6.45, 7) is 5.16. The summed E-state index contributed by atoms with van der Waals surface area (Å²) in [5, 5.41) is 12.3. The third-order valence-corrected chi connectivity index (χ3v) is 5.11. The minimum atomic E-state index is -0.364. The zero-order valence-corrected chi connectivity index (χ0v) is 13.6. The van der Waals surface area contributed by atoms with Gasteiger partial charge in [-0.25, -0.2) is 4.98 Å². The van der Waals surface area contributed by atoms with Crippen molar-refractivity contribution < 1.29 is 9.90 Å². The van der Waals surface area contributed by atoms with E-state index in [-0.39, 0.29) is 17.9 Å². The Bertz CT molecular complexity index is 664. The normalized spacial score (nSPS) is 19.4. The van der Waals surface area contributed by atoms with Crippen molar-refractivity contribution in [1.82, 2.24) is 9.88 Å². The van der Waals surface area contributed by atoms with E-state index >= 15 is 0 Å². The fourth-order valence-corrected chi connectivity index (χ4v) is 3.53. The van der Waals surface area contributed by atoms with E-state index in [9.17, 15) is 9.90 Å². The highest BCUT2D eigenvalue weighted by atomic mass is 32.1. The number of likely N-dealkylation sites (tertiary alicyclic amines) is 1. The second kappa shape index (κ2) is 6.18. The molecule has 3 rings (SSSR count). The first-order valence-electron chi connectivity index (χ1n) is 7.54. The van der Waals surface area contributed by atoms with Gasteiger partial charge in [-0.3, -0.25) is 4.79 Å². The molecular formula is C17H20N2O2S. The van der Waals surface area contributed by atoms with Crippen LogP contribution in [0, 0.1) is 12.8 Å². The van der Waals surface area contributed by atoms with E-state index in [1.54, 1.807) is 11.8 Å². The zero-order valence-electron chi connectivity index (χ0n) is 12.8. The predicted molar refractivity (Wildman–Crippen MR) is 88.0 cm³/mol. The third kappa shape index (κ3) is 3.05. The molecule has 5 heteroatoms. The molecule has 2 atom stereocenters. The van der Waals surface area contributed by atoms with E-state index in [0.717, 1.165) is 17.0 Å². The lowest BCUT2D eigenvalue weighted by Crippen LogP contribution is -2.30. The van der Waals surface area contributed by atoms with Crippen LogP contribution in [0.25, 0.3) is 10.6 Å². The number of aromatic nitrogens is 1. The molecule has 1 fully saturated rings. The quantitative estimate of drug-likeness (QED) is 0.947. The van der Waals surface area contributed by atoms with Crippen LogP contribution >= 0.6 is 11.3 Å². The van der Waals surface area contributed by atoms with Gasteiger partial charge < -0.3 is 10.0 Å². The minimum Gasteiger partial charge on any atom is -0.393 e. The van der Waals surface area contributed by atoms with Crippen LogP contribution in [0.3, 0.4) is 0 Å². The van der Waals surface area contributed by atoms with Crippen molar-refractivity contribution in [3.8, 4) is 10.6 Å². The van der Waals surface area contributed by atoms with Crippen LogP contribution in [0.2, 0.25) is 0 Å². The van der Waals surface area contributed by atoms with E-state index in [4.69, 9.17) is 0 Å². The molecule has 22 heavy (non-hydrogen) atoms. The Morgan fingerprint density at radius 3 is 2.77 bits per heavy atom. The smallest absolute Gasteiger partial charge is 0.273 e. The van der Waals surface area contributed by atoms with E-state index in [0.29, 0.717) is 18.8 Å². The second-order valence-electron chi connectivity index (χ2n) is 5.94. The Hall–Kier alpha value is -1.72. The molecule has 1 N–H and O–H groups in total. The predicted octanol–water partition coefficient (Wildman–Crippen LogP) is 2.96. The summed E-state index contributed by atoms with van der Waals surface area (Å²) in [5.41, 5.74) is 2.75. The van der Waals surface area contributed by atoms with Crippen LogP contribution in [0.4, 0.5) is 0 Å². The number of aliphatic hydroxyl groups is 1. The van der Waals surface area contributed by atoms with Crippen molar-refractivity contribution in [2.45, 2.75) is 26.4 Å².